The summed E-state index contributed by atoms with van der Waals surface area (Å²) in [7, 11) is 0. The molecule has 0 rings (SSSR count). The molecular formula is C54H103NO3. The first-order chi connectivity index (χ1) is 28.7. The molecule has 0 aromatic rings. The number of allylic oxidation sites excluding steroid dienone is 5. The summed E-state index contributed by atoms with van der Waals surface area (Å²) in [5.41, 5.74) is 0. The maximum atomic E-state index is 12.4. The number of hydrogen-bond donors (Lipinski definition) is 3. The Morgan fingerprint density at radius 3 is 1.00 bits per heavy atom. The molecule has 1 amide bonds. The molecule has 3 N–H and O–H groups in total. The van der Waals surface area contributed by atoms with Crippen molar-refractivity contribution in [2.24, 2.45) is 0 Å². The number of rotatable bonds is 48. The van der Waals surface area contributed by atoms with Gasteiger partial charge in [0.25, 0.3) is 0 Å². The molecule has 0 bridgehead atoms. The molecule has 0 aromatic carbocycles. The van der Waals surface area contributed by atoms with Crippen molar-refractivity contribution in [1.29, 1.82) is 0 Å². The number of amides is 1. The molecule has 2 atom stereocenters. The summed E-state index contributed by atoms with van der Waals surface area (Å²) in [4.78, 5) is 12.4. The average Bonchev–Trinajstić information content (AvgIpc) is 3.23. The smallest absolute Gasteiger partial charge is 0.220 e. The van der Waals surface area contributed by atoms with Gasteiger partial charge < -0.3 is 15.5 Å². The second-order valence-corrected chi connectivity index (χ2v) is 17.9. The molecule has 58 heavy (non-hydrogen) atoms. The van der Waals surface area contributed by atoms with E-state index in [1.165, 1.54) is 231 Å². The first-order valence-corrected chi connectivity index (χ1v) is 26.2. The first-order valence-electron chi connectivity index (χ1n) is 26.2. The van der Waals surface area contributed by atoms with Crippen LogP contribution in [0.25, 0.3) is 0 Å². The number of nitrogens with one attached hydrogen (secondary N) is 1. The van der Waals surface area contributed by atoms with Gasteiger partial charge in [0, 0.05) is 6.42 Å². The molecule has 0 spiro atoms. The van der Waals surface area contributed by atoms with E-state index in [4.69, 9.17) is 0 Å². The molecule has 0 saturated heterocycles. The van der Waals surface area contributed by atoms with Crippen LogP contribution >= 0.6 is 0 Å². The highest BCUT2D eigenvalue weighted by molar-refractivity contribution is 5.76. The van der Waals surface area contributed by atoms with Crippen molar-refractivity contribution in [3.8, 4) is 0 Å². The van der Waals surface area contributed by atoms with E-state index in [0.29, 0.717) is 6.42 Å². The van der Waals surface area contributed by atoms with E-state index in [1.54, 1.807) is 6.08 Å². The molecule has 0 aliphatic heterocycles. The van der Waals surface area contributed by atoms with Crippen LogP contribution in [0.5, 0.6) is 0 Å². The Morgan fingerprint density at radius 1 is 0.397 bits per heavy atom. The molecule has 342 valence electrons. The fraction of sp³-hybridized carbons (Fsp3) is 0.870. The van der Waals surface area contributed by atoms with Gasteiger partial charge in [0.15, 0.2) is 0 Å². The van der Waals surface area contributed by atoms with E-state index in [1.807, 2.05) is 6.08 Å². The standard InChI is InChI=1S/C54H103NO3/c1-3-5-7-9-11-13-15-17-19-21-23-25-26-27-28-30-31-33-35-37-39-41-43-45-47-49-53(57)52(51-56)55-54(58)50-48-46-44-42-40-38-36-34-32-29-24-22-20-18-16-14-12-10-8-6-4-2/h29,32,39,41,47,49,52-53,56-57H,3-28,30-31,33-38,40,42-46,48,50-51H2,1-2H3,(H,55,58)/b32-29-,41-39+,49-47+. The zero-order chi connectivity index (χ0) is 42.1. The quantitative estimate of drug-likeness (QED) is 0.0423. The molecule has 0 saturated carbocycles. The minimum atomic E-state index is -0.864. The van der Waals surface area contributed by atoms with Crippen LogP contribution < -0.4 is 5.32 Å². The fourth-order valence-electron chi connectivity index (χ4n) is 8.07. The second kappa shape index (κ2) is 50.0. The lowest BCUT2D eigenvalue weighted by molar-refractivity contribution is -0.123. The van der Waals surface area contributed by atoms with Gasteiger partial charge in [-0.2, -0.15) is 0 Å². The lowest BCUT2D eigenvalue weighted by atomic mass is 10.0. The van der Waals surface area contributed by atoms with E-state index in [2.05, 4.69) is 43.5 Å². The van der Waals surface area contributed by atoms with Crippen molar-refractivity contribution in [1.82, 2.24) is 5.32 Å². The normalized spacial score (nSPS) is 13.1. The zero-order valence-electron chi connectivity index (χ0n) is 39.3. The average molecular weight is 814 g/mol. The maximum Gasteiger partial charge on any atom is 0.220 e. The monoisotopic (exact) mass is 814 g/mol. The van der Waals surface area contributed by atoms with Gasteiger partial charge in [-0.3, -0.25) is 4.79 Å². The third-order valence-electron chi connectivity index (χ3n) is 12.1. The molecule has 0 heterocycles. The molecule has 0 aliphatic rings. The van der Waals surface area contributed by atoms with Crippen LogP contribution in [-0.4, -0.2) is 34.9 Å². The van der Waals surface area contributed by atoms with E-state index in [9.17, 15) is 15.0 Å². The van der Waals surface area contributed by atoms with E-state index in [-0.39, 0.29) is 12.5 Å². The molecule has 0 radical (unpaired) electrons. The summed E-state index contributed by atoms with van der Waals surface area (Å²) in [6.45, 7) is 4.32. The Kier molecular flexibility index (Phi) is 48.8. The molecular weight excluding hydrogens is 711 g/mol. The van der Waals surface area contributed by atoms with Crippen molar-refractivity contribution in [3.05, 3.63) is 36.5 Å². The summed E-state index contributed by atoms with van der Waals surface area (Å²) in [6, 6.07) is -0.641. The van der Waals surface area contributed by atoms with Gasteiger partial charge in [-0.25, -0.2) is 0 Å². The lowest BCUT2D eigenvalue weighted by Crippen LogP contribution is -2.45. The summed E-state index contributed by atoms with van der Waals surface area (Å²) in [5.74, 6) is -0.0752. The SMILES string of the molecule is CCCCCCCCCCCC/C=C\CCCCCCCCCC(=O)NC(CO)C(O)/C=C/CC/C=C/CCCCCCCCCCCCCCCCCCCCC. The van der Waals surface area contributed by atoms with Crippen LogP contribution in [0.3, 0.4) is 0 Å². The zero-order valence-corrected chi connectivity index (χ0v) is 39.3. The third kappa shape index (κ3) is 45.7. The fourth-order valence-corrected chi connectivity index (χ4v) is 8.07. The largest absolute Gasteiger partial charge is 0.394 e. The van der Waals surface area contributed by atoms with Gasteiger partial charge in [-0.15, -0.1) is 0 Å². The van der Waals surface area contributed by atoms with Crippen LogP contribution in [0.1, 0.15) is 284 Å². The minimum absolute atomic E-state index is 0.0752. The lowest BCUT2D eigenvalue weighted by Gasteiger charge is -2.19. The Hall–Kier alpha value is -1.39. The van der Waals surface area contributed by atoms with Gasteiger partial charge >= 0.3 is 0 Å². The maximum absolute atomic E-state index is 12.4. The van der Waals surface area contributed by atoms with Gasteiger partial charge in [0.1, 0.15) is 0 Å². The van der Waals surface area contributed by atoms with Crippen LogP contribution in [0.4, 0.5) is 0 Å². The molecule has 0 aromatic heterocycles. The second-order valence-electron chi connectivity index (χ2n) is 17.9. The van der Waals surface area contributed by atoms with Crippen molar-refractivity contribution < 1.29 is 15.0 Å². The molecule has 4 nitrogen and oxygen atoms in total. The molecule has 4 heteroatoms. The highest BCUT2D eigenvalue weighted by atomic mass is 16.3. The predicted molar refractivity (Wildman–Crippen MR) is 258 cm³/mol. The van der Waals surface area contributed by atoms with Crippen molar-refractivity contribution in [2.45, 2.75) is 296 Å². The molecule has 0 aliphatic carbocycles. The first kappa shape index (κ1) is 56.6. The minimum Gasteiger partial charge on any atom is -0.394 e. The van der Waals surface area contributed by atoms with Crippen LogP contribution in [-0.2, 0) is 4.79 Å². The van der Waals surface area contributed by atoms with Gasteiger partial charge in [-0.05, 0) is 57.8 Å². The van der Waals surface area contributed by atoms with Crippen LogP contribution in [0, 0.1) is 0 Å². The van der Waals surface area contributed by atoms with Crippen molar-refractivity contribution in [3.63, 3.8) is 0 Å². The number of carbonyl (C=O) groups is 1. The topological polar surface area (TPSA) is 69.6 Å². The van der Waals surface area contributed by atoms with Gasteiger partial charge in [0.2, 0.25) is 5.91 Å². The van der Waals surface area contributed by atoms with Gasteiger partial charge in [0.05, 0.1) is 18.8 Å². The summed E-state index contributed by atoms with van der Waals surface area (Å²) in [6.07, 6.45) is 67.2. The van der Waals surface area contributed by atoms with Crippen molar-refractivity contribution >= 4 is 5.91 Å². The Bertz CT molecular complexity index is 882. The number of unbranched alkanes of at least 4 members (excludes halogenated alkanes) is 37. The summed E-state index contributed by atoms with van der Waals surface area (Å²) in [5, 5.41) is 23.1. The summed E-state index contributed by atoms with van der Waals surface area (Å²) < 4.78 is 0. The Morgan fingerprint density at radius 2 is 0.672 bits per heavy atom. The number of carbonyl (C=O) groups excluding carboxylic acids is 1. The number of aliphatic hydroxyl groups excluding tert-OH is 2. The Labute approximate surface area is 363 Å². The van der Waals surface area contributed by atoms with E-state index < -0.39 is 12.1 Å². The van der Waals surface area contributed by atoms with Crippen LogP contribution in [0.2, 0.25) is 0 Å². The molecule has 2 unspecified atom stereocenters. The van der Waals surface area contributed by atoms with Gasteiger partial charge in [-0.1, -0.05) is 256 Å². The van der Waals surface area contributed by atoms with E-state index in [0.717, 1.165) is 32.1 Å². The summed E-state index contributed by atoms with van der Waals surface area (Å²) >= 11 is 0. The number of hydrogen-bond acceptors (Lipinski definition) is 3. The predicted octanol–water partition coefficient (Wildman–Crippen LogP) is 16.9. The number of aliphatic hydroxyl groups is 2. The molecule has 0 fully saturated rings. The highest BCUT2D eigenvalue weighted by Crippen LogP contribution is 2.16. The van der Waals surface area contributed by atoms with Crippen LogP contribution in [0.15, 0.2) is 36.5 Å². The van der Waals surface area contributed by atoms with Crippen molar-refractivity contribution in [2.75, 3.05) is 6.61 Å². The van der Waals surface area contributed by atoms with E-state index >= 15 is 0 Å². The Balaban J connectivity index is 3.55. The third-order valence-corrected chi connectivity index (χ3v) is 12.1. The highest BCUT2D eigenvalue weighted by Gasteiger charge is 2.17.